The lowest BCUT2D eigenvalue weighted by Gasteiger charge is -2.29. The Balaban J connectivity index is 1.68. The molecule has 0 aliphatic carbocycles. The van der Waals surface area contributed by atoms with Crippen LogP contribution in [0.2, 0.25) is 0 Å². The molecule has 1 aromatic carbocycles. The lowest BCUT2D eigenvalue weighted by molar-refractivity contribution is -0.121. The van der Waals surface area contributed by atoms with Gasteiger partial charge in [0, 0.05) is 12.4 Å². The Bertz CT molecular complexity index is 944. The van der Waals surface area contributed by atoms with Gasteiger partial charge in [-0.3, -0.25) is 14.6 Å². The highest BCUT2D eigenvalue weighted by Crippen LogP contribution is 2.35. The minimum atomic E-state index is -0.211. The zero-order valence-corrected chi connectivity index (χ0v) is 15.1. The van der Waals surface area contributed by atoms with Crippen molar-refractivity contribution in [2.24, 2.45) is 0 Å². The highest BCUT2D eigenvalue weighted by Gasteiger charge is 2.27. The van der Waals surface area contributed by atoms with Crippen molar-refractivity contribution in [3.05, 3.63) is 58.8 Å². The van der Waals surface area contributed by atoms with Crippen molar-refractivity contribution in [3.8, 4) is 5.75 Å². The molecule has 2 aliphatic heterocycles. The van der Waals surface area contributed by atoms with Crippen LogP contribution in [0.4, 0.5) is 5.69 Å². The molecule has 1 N–H and O–H groups in total. The van der Waals surface area contributed by atoms with Crippen molar-refractivity contribution in [1.29, 1.82) is 0 Å². The van der Waals surface area contributed by atoms with Gasteiger partial charge in [0.2, 0.25) is 0 Å². The molecule has 8 heteroatoms. The molecule has 4 rings (SSSR count). The van der Waals surface area contributed by atoms with E-state index in [9.17, 15) is 9.59 Å². The third-order valence-electron chi connectivity index (χ3n) is 3.93. The summed E-state index contributed by atoms with van der Waals surface area (Å²) in [6, 6.07) is 9.24. The average Bonchev–Trinajstić information content (AvgIpc) is 2.95. The second-order valence-corrected chi connectivity index (χ2v) is 7.43. The van der Waals surface area contributed by atoms with E-state index in [4.69, 9.17) is 17.0 Å². The summed E-state index contributed by atoms with van der Waals surface area (Å²) >= 11 is 6.23. The number of thiocarbonyl (C=S) groups is 1. The van der Waals surface area contributed by atoms with E-state index in [2.05, 4.69) is 10.3 Å². The first-order valence-electron chi connectivity index (χ1n) is 7.81. The van der Waals surface area contributed by atoms with Gasteiger partial charge in [-0.15, -0.1) is 0 Å². The SMILES string of the molecule is O=C1NC(=S)SC1=Cc1ccc2c(c1)N(Cc1cccnc1)C(=O)CO2. The number of hydrogen-bond donors (Lipinski definition) is 1. The van der Waals surface area contributed by atoms with Gasteiger partial charge in [-0.05, 0) is 35.4 Å². The molecule has 0 radical (unpaired) electrons. The first-order valence-corrected chi connectivity index (χ1v) is 9.03. The minimum absolute atomic E-state index is 0.000224. The Morgan fingerprint density at radius 3 is 2.96 bits per heavy atom. The van der Waals surface area contributed by atoms with Crippen molar-refractivity contribution < 1.29 is 14.3 Å². The number of ether oxygens (including phenoxy) is 1. The number of anilines is 1. The Morgan fingerprint density at radius 1 is 1.35 bits per heavy atom. The normalized spacial score (nSPS) is 17.9. The maximum atomic E-state index is 12.4. The summed E-state index contributed by atoms with van der Waals surface area (Å²) in [6.07, 6.45) is 5.17. The van der Waals surface area contributed by atoms with Crippen LogP contribution in [0.3, 0.4) is 0 Å². The van der Waals surface area contributed by atoms with Crippen LogP contribution >= 0.6 is 24.0 Å². The van der Waals surface area contributed by atoms with Crippen molar-refractivity contribution in [1.82, 2.24) is 10.3 Å². The number of carbonyl (C=O) groups excluding carboxylic acids is 2. The second kappa shape index (κ2) is 6.89. The van der Waals surface area contributed by atoms with Crippen molar-refractivity contribution >= 4 is 51.9 Å². The standard InChI is InChI=1S/C18H13N3O3S2/c22-16-10-24-14-4-3-11(7-15-17(23)20-18(25)26-15)6-13(14)21(16)9-12-2-1-5-19-8-12/h1-8H,9-10H2,(H,20,23,25). The third kappa shape index (κ3) is 3.33. The molecule has 2 amide bonds. The molecule has 3 heterocycles. The number of nitrogens with zero attached hydrogens (tertiary/aromatic N) is 2. The van der Waals surface area contributed by atoms with Crippen LogP contribution < -0.4 is 15.0 Å². The summed E-state index contributed by atoms with van der Waals surface area (Å²) in [4.78, 5) is 30.5. The van der Waals surface area contributed by atoms with Gasteiger partial charge in [-0.2, -0.15) is 0 Å². The van der Waals surface area contributed by atoms with Crippen LogP contribution in [0.15, 0.2) is 47.6 Å². The molecular weight excluding hydrogens is 370 g/mol. The topological polar surface area (TPSA) is 71.5 Å². The maximum Gasteiger partial charge on any atom is 0.265 e. The molecule has 6 nitrogen and oxygen atoms in total. The molecule has 1 fully saturated rings. The van der Waals surface area contributed by atoms with Crippen molar-refractivity contribution in [3.63, 3.8) is 0 Å². The molecule has 0 spiro atoms. The Hall–Kier alpha value is -2.71. The predicted molar refractivity (Wildman–Crippen MR) is 104 cm³/mol. The van der Waals surface area contributed by atoms with E-state index in [1.54, 1.807) is 29.4 Å². The fraction of sp³-hybridized carbons (Fsp3) is 0.111. The largest absolute Gasteiger partial charge is 0.482 e. The lowest BCUT2D eigenvalue weighted by Crippen LogP contribution is -2.38. The summed E-state index contributed by atoms with van der Waals surface area (Å²) in [5.74, 6) is 0.298. The summed E-state index contributed by atoms with van der Waals surface area (Å²) in [5, 5.41) is 2.59. The number of hydrogen-bond acceptors (Lipinski definition) is 6. The number of amides is 2. The molecule has 130 valence electrons. The van der Waals surface area contributed by atoms with Crippen LogP contribution in [0.25, 0.3) is 6.08 Å². The van der Waals surface area contributed by atoms with Gasteiger partial charge in [-0.25, -0.2) is 0 Å². The Morgan fingerprint density at radius 2 is 2.23 bits per heavy atom. The summed E-state index contributed by atoms with van der Waals surface area (Å²) in [7, 11) is 0. The molecule has 2 aliphatic rings. The Kier molecular flexibility index (Phi) is 4.44. The molecule has 0 unspecified atom stereocenters. The van der Waals surface area contributed by atoms with E-state index in [0.717, 1.165) is 11.1 Å². The van der Waals surface area contributed by atoms with E-state index >= 15 is 0 Å². The van der Waals surface area contributed by atoms with Gasteiger partial charge in [0.1, 0.15) is 10.1 Å². The van der Waals surface area contributed by atoms with E-state index in [0.29, 0.717) is 27.2 Å². The molecule has 2 aromatic rings. The monoisotopic (exact) mass is 383 g/mol. The Labute approximate surface area is 159 Å². The lowest BCUT2D eigenvalue weighted by atomic mass is 10.1. The molecule has 1 saturated heterocycles. The zero-order valence-electron chi connectivity index (χ0n) is 13.5. The number of carbonyl (C=O) groups is 2. The average molecular weight is 383 g/mol. The molecular formula is C18H13N3O3S2. The van der Waals surface area contributed by atoms with Gasteiger partial charge in [0.25, 0.3) is 11.8 Å². The van der Waals surface area contributed by atoms with Crippen molar-refractivity contribution in [2.45, 2.75) is 6.54 Å². The number of benzene rings is 1. The first kappa shape index (κ1) is 16.7. The number of pyridine rings is 1. The smallest absolute Gasteiger partial charge is 0.265 e. The van der Waals surface area contributed by atoms with Gasteiger partial charge < -0.3 is 15.0 Å². The van der Waals surface area contributed by atoms with E-state index in [1.807, 2.05) is 24.3 Å². The molecule has 1 aromatic heterocycles. The second-order valence-electron chi connectivity index (χ2n) is 5.71. The quantitative estimate of drug-likeness (QED) is 0.649. The maximum absolute atomic E-state index is 12.4. The van der Waals surface area contributed by atoms with Crippen LogP contribution in [-0.2, 0) is 16.1 Å². The van der Waals surface area contributed by atoms with Gasteiger partial charge in [-0.1, -0.05) is 36.1 Å². The molecule has 26 heavy (non-hydrogen) atoms. The van der Waals surface area contributed by atoms with Crippen LogP contribution in [0.5, 0.6) is 5.75 Å². The van der Waals surface area contributed by atoms with Crippen molar-refractivity contribution in [2.75, 3.05) is 11.5 Å². The highest BCUT2D eigenvalue weighted by molar-refractivity contribution is 8.26. The fourth-order valence-electron chi connectivity index (χ4n) is 2.73. The fourth-order valence-corrected chi connectivity index (χ4v) is 3.77. The summed E-state index contributed by atoms with van der Waals surface area (Å²) < 4.78 is 5.97. The van der Waals surface area contributed by atoms with E-state index in [-0.39, 0.29) is 18.4 Å². The number of fused-ring (bicyclic) bond motifs is 1. The van der Waals surface area contributed by atoms with Gasteiger partial charge in [0.15, 0.2) is 6.61 Å². The highest BCUT2D eigenvalue weighted by atomic mass is 32.2. The molecule has 0 bridgehead atoms. The zero-order chi connectivity index (χ0) is 18.1. The van der Waals surface area contributed by atoms with Crippen LogP contribution in [0.1, 0.15) is 11.1 Å². The number of nitrogens with one attached hydrogen (secondary N) is 1. The summed E-state index contributed by atoms with van der Waals surface area (Å²) in [5.41, 5.74) is 2.39. The summed E-state index contributed by atoms with van der Waals surface area (Å²) in [6.45, 7) is 0.405. The minimum Gasteiger partial charge on any atom is -0.482 e. The molecule has 0 atom stereocenters. The van der Waals surface area contributed by atoms with E-state index < -0.39 is 0 Å². The number of thioether (sulfide) groups is 1. The molecule has 0 saturated carbocycles. The third-order valence-corrected chi connectivity index (χ3v) is 5.09. The van der Waals surface area contributed by atoms with Gasteiger partial charge >= 0.3 is 0 Å². The van der Waals surface area contributed by atoms with Crippen LogP contribution in [0, 0.1) is 0 Å². The van der Waals surface area contributed by atoms with E-state index in [1.165, 1.54) is 11.8 Å². The number of rotatable bonds is 3. The first-order chi connectivity index (χ1) is 12.6. The van der Waals surface area contributed by atoms with Gasteiger partial charge in [0.05, 0.1) is 17.1 Å². The predicted octanol–water partition coefficient (Wildman–Crippen LogP) is 2.50. The number of aromatic nitrogens is 1. The van der Waals surface area contributed by atoms with Crippen LogP contribution in [-0.4, -0.2) is 27.7 Å².